The fourth-order valence-electron chi connectivity index (χ4n) is 3.36. The van der Waals surface area contributed by atoms with E-state index in [4.69, 9.17) is 4.52 Å². The predicted octanol–water partition coefficient (Wildman–Crippen LogP) is 3.58. The number of halogens is 3. The van der Waals surface area contributed by atoms with Crippen LogP contribution in [-0.2, 0) is 24.3 Å². The van der Waals surface area contributed by atoms with Crippen molar-refractivity contribution in [2.45, 2.75) is 32.1 Å². The highest BCUT2D eigenvalue weighted by molar-refractivity contribution is 5.91. The molecule has 1 aromatic carbocycles. The molecule has 0 saturated carbocycles. The zero-order chi connectivity index (χ0) is 21.1. The molecule has 3 aromatic rings. The average molecular weight is 417 g/mol. The van der Waals surface area contributed by atoms with E-state index in [1.54, 1.807) is 42.6 Å². The minimum Gasteiger partial charge on any atom is -0.339 e. The van der Waals surface area contributed by atoms with Crippen LogP contribution in [0.3, 0.4) is 0 Å². The molecule has 0 fully saturated rings. The summed E-state index contributed by atoms with van der Waals surface area (Å²) in [5, 5.41) is 6.64. The van der Waals surface area contributed by atoms with Gasteiger partial charge in [0.25, 0.3) is 0 Å². The van der Waals surface area contributed by atoms with Crippen LogP contribution in [0.2, 0.25) is 0 Å². The van der Waals surface area contributed by atoms with E-state index < -0.39 is 12.7 Å². The van der Waals surface area contributed by atoms with E-state index in [0.29, 0.717) is 28.7 Å². The monoisotopic (exact) mass is 417 g/mol. The molecule has 4 rings (SSSR count). The molecule has 0 aliphatic carbocycles. The lowest BCUT2D eigenvalue weighted by atomic mass is 10.1. The highest BCUT2D eigenvalue weighted by Gasteiger charge is 2.34. The molecule has 0 saturated heterocycles. The van der Waals surface area contributed by atoms with E-state index >= 15 is 0 Å². The largest absolute Gasteiger partial charge is 0.401 e. The third kappa shape index (κ3) is 4.82. The minimum atomic E-state index is -4.26. The Morgan fingerprint density at radius 3 is 2.80 bits per heavy atom. The Labute approximate surface area is 169 Å². The molecule has 0 bridgehead atoms. The number of carbonyl (C=O) groups excluding carboxylic acids is 1. The first-order valence-corrected chi connectivity index (χ1v) is 9.31. The van der Waals surface area contributed by atoms with Gasteiger partial charge in [0, 0.05) is 37.8 Å². The number of amides is 1. The molecule has 2 aromatic heterocycles. The molecule has 1 aliphatic heterocycles. The lowest BCUT2D eigenvalue weighted by Crippen LogP contribution is -2.30. The van der Waals surface area contributed by atoms with Crippen molar-refractivity contribution >= 4 is 11.6 Å². The van der Waals surface area contributed by atoms with Crippen molar-refractivity contribution in [2.24, 2.45) is 0 Å². The molecule has 0 atom stereocenters. The Kier molecular flexibility index (Phi) is 5.49. The van der Waals surface area contributed by atoms with Crippen LogP contribution in [0.5, 0.6) is 0 Å². The van der Waals surface area contributed by atoms with Gasteiger partial charge in [0.1, 0.15) is 5.69 Å². The molecule has 0 radical (unpaired) electrons. The summed E-state index contributed by atoms with van der Waals surface area (Å²) in [7, 11) is 0. The molecule has 1 amide bonds. The minimum absolute atomic E-state index is 0.0970. The van der Waals surface area contributed by atoms with Gasteiger partial charge in [-0.3, -0.25) is 14.7 Å². The number of fused-ring (bicyclic) bond motifs is 1. The number of carbonyl (C=O) groups is 1. The number of anilines is 1. The summed E-state index contributed by atoms with van der Waals surface area (Å²) in [6.07, 6.45) is -2.31. The normalized spacial score (nSPS) is 14.0. The van der Waals surface area contributed by atoms with Crippen LogP contribution >= 0.6 is 0 Å². The van der Waals surface area contributed by atoms with E-state index in [9.17, 15) is 18.0 Å². The van der Waals surface area contributed by atoms with E-state index in [2.05, 4.69) is 20.4 Å². The van der Waals surface area contributed by atoms with Gasteiger partial charge in [-0.15, -0.1) is 0 Å². The predicted molar refractivity (Wildman–Crippen MR) is 101 cm³/mol. The van der Waals surface area contributed by atoms with Crippen LogP contribution in [-0.4, -0.2) is 38.7 Å². The Bertz CT molecular complexity index is 1040. The maximum absolute atomic E-state index is 12.7. The van der Waals surface area contributed by atoms with Crippen molar-refractivity contribution < 1.29 is 22.5 Å². The topological polar surface area (TPSA) is 84.1 Å². The number of aromatic nitrogens is 3. The van der Waals surface area contributed by atoms with Crippen LogP contribution in [0.1, 0.15) is 23.4 Å². The van der Waals surface area contributed by atoms with Gasteiger partial charge < -0.3 is 9.84 Å². The molecule has 30 heavy (non-hydrogen) atoms. The van der Waals surface area contributed by atoms with Gasteiger partial charge in [0.05, 0.1) is 6.54 Å². The first kappa shape index (κ1) is 20.0. The van der Waals surface area contributed by atoms with Gasteiger partial charge in [0.2, 0.25) is 17.6 Å². The number of benzene rings is 1. The number of pyridine rings is 1. The van der Waals surface area contributed by atoms with Gasteiger partial charge in [-0.05, 0) is 29.3 Å². The number of hydrogen-bond acceptors (Lipinski definition) is 6. The van der Waals surface area contributed by atoms with E-state index in [0.717, 1.165) is 5.56 Å². The first-order valence-electron chi connectivity index (χ1n) is 9.31. The average Bonchev–Trinajstić information content (AvgIpc) is 3.33. The molecule has 156 valence electrons. The van der Waals surface area contributed by atoms with Gasteiger partial charge in [0.15, 0.2) is 0 Å². The summed E-state index contributed by atoms with van der Waals surface area (Å²) < 4.78 is 43.2. The van der Waals surface area contributed by atoms with E-state index in [-0.39, 0.29) is 31.8 Å². The first-order chi connectivity index (χ1) is 14.4. The second kappa shape index (κ2) is 8.23. The zero-order valence-corrected chi connectivity index (χ0v) is 15.8. The molecule has 10 heteroatoms. The summed E-state index contributed by atoms with van der Waals surface area (Å²) in [5.41, 5.74) is 2.60. The summed E-state index contributed by atoms with van der Waals surface area (Å²) in [4.78, 5) is 22.0. The van der Waals surface area contributed by atoms with Gasteiger partial charge >= 0.3 is 6.18 Å². The van der Waals surface area contributed by atoms with Crippen molar-refractivity contribution in [2.75, 3.05) is 11.9 Å². The fraction of sp³-hybridized carbons (Fsp3) is 0.300. The molecule has 3 heterocycles. The molecular formula is C20H18F3N5O2. The molecule has 7 nitrogen and oxygen atoms in total. The maximum Gasteiger partial charge on any atom is 0.401 e. The van der Waals surface area contributed by atoms with E-state index in [1.165, 1.54) is 4.90 Å². The smallest absolute Gasteiger partial charge is 0.339 e. The number of hydrogen-bond donors (Lipinski definition) is 1. The van der Waals surface area contributed by atoms with Crippen LogP contribution < -0.4 is 5.32 Å². The SMILES string of the molecule is O=C(CCc1nc(-c2ccccn2)no1)Nc1cccc2c1CN(CC(F)(F)F)C2. The standard InChI is InChI=1S/C20H18F3N5O2/c21-20(22,23)12-28-10-13-4-3-6-15(14(13)11-28)25-17(29)7-8-18-26-19(27-30-18)16-5-1-2-9-24-16/h1-6,9H,7-8,10-12H2,(H,25,29). The number of nitrogens with one attached hydrogen (secondary N) is 1. The quantitative estimate of drug-likeness (QED) is 0.660. The Morgan fingerprint density at radius 2 is 2.03 bits per heavy atom. The number of aryl methyl sites for hydroxylation is 1. The highest BCUT2D eigenvalue weighted by atomic mass is 19.4. The Morgan fingerprint density at radius 1 is 1.17 bits per heavy atom. The highest BCUT2D eigenvalue weighted by Crippen LogP contribution is 2.31. The molecule has 1 N–H and O–H groups in total. The van der Waals surface area contributed by atoms with Gasteiger partial charge in [-0.2, -0.15) is 18.2 Å². The fourth-order valence-corrected chi connectivity index (χ4v) is 3.36. The summed E-state index contributed by atoms with van der Waals surface area (Å²) in [6, 6.07) is 10.5. The van der Waals surface area contributed by atoms with Crippen molar-refractivity contribution in [3.63, 3.8) is 0 Å². The molecular weight excluding hydrogens is 399 g/mol. The lowest BCUT2D eigenvalue weighted by molar-refractivity contribution is -0.147. The van der Waals surface area contributed by atoms with Crippen molar-refractivity contribution in [3.8, 4) is 11.5 Å². The van der Waals surface area contributed by atoms with Crippen LogP contribution in [0.4, 0.5) is 18.9 Å². The van der Waals surface area contributed by atoms with E-state index in [1.807, 2.05) is 0 Å². The van der Waals surface area contributed by atoms with Crippen LogP contribution in [0, 0.1) is 0 Å². The van der Waals surface area contributed by atoms with Crippen LogP contribution in [0.25, 0.3) is 11.5 Å². The number of alkyl halides is 3. The number of nitrogens with zero attached hydrogens (tertiary/aromatic N) is 4. The van der Waals surface area contributed by atoms with Gasteiger partial charge in [-0.1, -0.05) is 23.4 Å². The molecule has 0 unspecified atom stereocenters. The third-order valence-electron chi connectivity index (χ3n) is 4.65. The lowest BCUT2D eigenvalue weighted by Gasteiger charge is -2.17. The Balaban J connectivity index is 1.35. The summed E-state index contributed by atoms with van der Waals surface area (Å²) in [6.45, 7) is -0.635. The second-order valence-electron chi connectivity index (χ2n) is 6.98. The summed E-state index contributed by atoms with van der Waals surface area (Å²) >= 11 is 0. The maximum atomic E-state index is 12.7. The molecule has 1 aliphatic rings. The van der Waals surface area contributed by atoms with Crippen LogP contribution in [0.15, 0.2) is 47.1 Å². The van der Waals surface area contributed by atoms with Crippen molar-refractivity contribution in [1.29, 1.82) is 0 Å². The van der Waals surface area contributed by atoms with Crippen molar-refractivity contribution in [1.82, 2.24) is 20.0 Å². The third-order valence-corrected chi connectivity index (χ3v) is 4.65. The second-order valence-corrected chi connectivity index (χ2v) is 6.98. The Hall–Kier alpha value is -3.27. The number of rotatable bonds is 6. The van der Waals surface area contributed by atoms with Crippen molar-refractivity contribution in [3.05, 3.63) is 59.6 Å². The zero-order valence-electron chi connectivity index (χ0n) is 15.8. The van der Waals surface area contributed by atoms with Gasteiger partial charge in [-0.25, -0.2) is 0 Å². The summed E-state index contributed by atoms with van der Waals surface area (Å²) in [5.74, 6) is 0.368. The molecule has 0 spiro atoms.